The first-order valence-electron chi connectivity index (χ1n) is 7.35. The Morgan fingerprint density at radius 3 is 2.43 bits per heavy atom. The van der Waals surface area contributed by atoms with Crippen LogP contribution >= 0.6 is 23.2 Å². The monoisotopic (exact) mass is 324 g/mol. The Morgan fingerprint density at radius 2 is 1.76 bits per heavy atom. The third kappa shape index (κ3) is 3.04. The summed E-state index contributed by atoms with van der Waals surface area (Å²) >= 11 is 12.6. The second-order valence-electron chi connectivity index (χ2n) is 5.67. The highest BCUT2D eigenvalue weighted by molar-refractivity contribution is 6.39. The van der Waals surface area contributed by atoms with Gasteiger partial charge in [-0.1, -0.05) is 66.5 Å². The Morgan fingerprint density at radius 1 is 1.10 bits per heavy atom. The second-order valence-corrected chi connectivity index (χ2v) is 6.49. The summed E-state index contributed by atoms with van der Waals surface area (Å²) in [5.74, 6) is 0.930. The van der Waals surface area contributed by atoms with Crippen LogP contribution in [0.2, 0.25) is 10.0 Å². The average Bonchev–Trinajstić information content (AvgIpc) is 2.82. The number of nitrogen functional groups attached to an aromatic ring is 1. The van der Waals surface area contributed by atoms with E-state index < -0.39 is 0 Å². The Bertz CT molecular complexity index is 613. The van der Waals surface area contributed by atoms with Crippen LogP contribution in [0.25, 0.3) is 11.1 Å². The highest BCUT2D eigenvalue weighted by Gasteiger charge is 2.24. The van der Waals surface area contributed by atoms with Crippen molar-refractivity contribution in [3.8, 4) is 11.1 Å². The van der Waals surface area contributed by atoms with Crippen LogP contribution in [0.4, 0.5) is 5.88 Å². The van der Waals surface area contributed by atoms with Gasteiger partial charge in [-0.15, -0.1) is 0 Å². The molecule has 3 rings (SSSR count). The van der Waals surface area contributed by atoms with Gasteiger partial charge in [-0.05, 0) is 24.5 Å². The van der Waals surface area contributed by atoms with Crippen LogP contribution in [-0.4, -0.2) is 5.16 Å². The summed E-state index contributed by atoms with van der Waals surface area (Å²) in [5.41, 5.74) is 8.33. The van der Waals surface area contributed by atoms with E-state index in [4.69, 9.17) is 33.5 Å². The first-order valence-corrected chi connectivity index (χ1v) is 8.11. The number of aromatic nitrogens is 1. The Hall–Kier alpha value is -1.19. The molecule has 0 spiro atoms. The Kier molecular flexibility index (Phi) is 4.41. The lowest BCUT2D eigenvalue weighted by Crippen LogP contribution is -2.10. The van der Waals surface area contributed by atoms with Crippen LogP contribution in [0, 0.1) is 5.92 Å². The van der Waals surface area contributed by atoms with Gasteiger partial charge in [-0.2, -0.15) is 0 Å². The molecule has 0 saturated heterocycles. The van der Waals surface area contributed by atoms with Gasteiger partial charge in [0, 0.05) is 5.56 Å². The summed E-state index contributed by atoms with van der Waals surface area (Å²) in [7, 11) is 0. The lowest BCUT2D eigenvalue weighted by Gasteiger charge is -2.20. The predicted molar refractivity (Wildman–Crippen MR) is 86.7 cm³/mol. The van der Waals surface area contributed by atoms with E-state index in [1.165, 1.54) is 32.1 Å². The van der Waals surface area contributed by atoms with Gasteiger partial charge < -0.3 is 10.3 Å². The zero-order chi connectivity index (χ0) is 14.8. The van der Waals surface area contributed by atoms with Crippen molar-refractivity contribution >= 4 is 29.1 Å². The summed E-state index contributed by atoms with van der Waals surface area (Å²) < 4.78 is 5.21. The zero-order valence-electron chi connectivity index (χ0n) is 11.7. The summed E-state index contributed by atoms with van der Waals surface area (Å²) in [6.07, 6.45) is 7.27. The summed E-state index contributed by atoms with van der Waals surface area (Å²) in [6, 6.07) is 5.43. The topological polar surface area (TPSA) is 52.0 Å². The lowest BCUT2D eigenvalue weighted by molar-refractivity contribution is 0.345. The quantitative estimate of drug-likeness (QED) is 0.827. The molecule has 2 aromatic rings. The standard InChI is InChI=1S/C16H18Cl2N2O/c17-11-7-4-8-12(18)14(11)15-13(20-21-16(15)19)9-10-5-2-1-3-6-10/h4,7-8,10H,1-3,5-6,9,19H2. The van der Waals surface area contributed by atoms with E-state index >= 15 is 0 Å². The van der Waals surface area contributed by atoms with E-state index in [0.29, 0.717) is 16.0 Å². The molecule has 0 bridgehead atoms. The molecule has 1 saturated carbocycles. The minimum atomic E-state index is 0.288. The van der Waals surface area contributed by atoms with E-state index in [-0.39, 0.29) is 5.88 Å². The minimum absolute atomic E-state index is 0.288. The number of anilines is 1. The van der Waals surface area contributed by atoms with Gasteiger partial charge in [0.25, 0.3) is 0 Å². The fourth-order valence-electron chi connectivity index (χ4n) is 3.15. The van der Waals surface area contributed by atoms with Gasteiger partial charge in [0.05, 0.1) is 21.3 Å². The number of nitrogens with zero attached hydrogens (tertiary/aromatic N) is 1. The van der Waals surface area contributed by atoms with Crippen LogP contribution < -0.4 is 5.73 Å². The molecule has 1 aromatic heterocycles. The maximum atomic E-state index is 6.30. The average molecular weight is 325 g/mol. The fourth-order valence-corrected chi connectivity index (χ4v) is 3.73. The molecule has 1 aliphatic carbocycles. The van der Waals surface area contributed by atoms with Gasteiger partial charge >= 0.3 is 0 Å². The smallest absolute Gasteiger partial charge is 0.230 e. The van der Waals surface area contributed by atoms with E-state index in [9.17, 15) is 0 Å². The van der Waals surface area contributed by atoms with E-state index in [2.05, 4.69) is 5.16 Å². The van der Waals surface area contributed by atoms with Crippen molar-refractivity contribution in [2.75, 3.05) is 5.73 Å². The SMILES string of the molecule is Nc1onc(CC2CCCCC2)c1-c1c(Cl)cccc1Cl. The Balaban J connectivity index is 1.97. The molecule has 1 fully saturated rings. The molecule has 21 heavy (non-hydrogen) atoms. The summed E-state index contributed by atoms with van der Waals surface area (Å²) in [5, 5.41) is 5.29. The molecule has 0 aliphatic heterocycles. The van der Waals surface area contributed by atoms with Crippen molar-refractivity contribution in [1.29, 1.82) is 0 Å². The largest absolute Gasteiger partial charge is 0.367 e. The number of hydrogen-bond acceptors (Lipinski definition) is 3. The first-order chi connectivity index (χ1) is 10.2. The van der Waals surface area contributed by atoms with Gasteiger partial charge in [0.1, 0.15) is 0 Å². The molecule has 1 heterocycles. The van der Waals surface area contributed by atoms with Crippen LogP contribution in [-0.2, 0) is 6.42 Å². The number of hydrogen-bond donors (Lipinski definition) is 1. The van der Waals surface area contributed by atoms with Gasteiger partial charge in [-0.3, -0.25) is 0 Å². The van der Waals surface area contributed by atoms with E-state index in [1.807, 2.05) is 6.07 Å². The summed E-state index contributed by atoms with van der Waals surface area (Å²) in [6.45, 7) is 0. The molecule has 1 aromatic carbocycles. The molecule has 2 N–H and O–H groups in total. The highest BCUT2D eigenvalue weighted by atomic mass is 35.5. The van der Waals surface area contributed by atoms with Crippen molar-refractivity contribution < 1.29 is 4.52 Å². The van der Waals surface area contributed by atoms with Crippen LogP contribution in [0.1, 0.15) is 37.8 Å². The van der Waals surface area contributed by atoms with Crippen LogP contribution in [0.15, 0.2) is 22.7 Å². The Labute approximate surface area is 134 Å². The van der Waals surface area contributed by atoms with Gasteiger partial charge in [-0.25, -0.2) is 0 Å². The van der Waals surface area contributed by atoms with Gasteiger partial charge in [0.2, 0.25) is 5.88 Å². The molecular weight excluding hydrogens is 307 g/mol. The predicted octanol–water partition coefficient (Wildman–Crippen LogP) is 5.35. The third-order valence-corrected chi connectivity index (χ3v) is 4.84. The van der Waals surface area contributed by atoms with Crippen LogP contribution in [0.3, 0.4) is 0 Å². The summed E-state index contributed by atoms with van der Waals surface area (Å²) in [4.78, 5) is 0. The highest BCUT2D eigenvalue weighted by Crippen LogP contribution is 2.41. The van der Waals surface area contributed by atoms with Crippen molar-refractivity contribution in [1.82, 2.24) is 5.16 Å². The lowest BCUT2D eigenvalue weighted by atomic mass is 9.85. The van der Waals surface area contributed by atoms with Crippen molar-refractivity contribution in [3.05, 3.63) is 33.9 Å². The number of halogens is 2. The van der Waals surface area contributed by atoms with Crippen molar-refractivity contribution in [3.63, 3.8) is 0 Å². The molecule has 3 nitrogen and oxygen atoms in total. The van der Waals surface area contributed by atoms with E-state index in [1.54, 1.807) is 12.1 Å². The first kappa shape index (κ1) is 14.7. The van der Waals surface area contributed by atoms with Crippen molar-refractivity contribution in [2.24, 2.45) is 5.92 Å². The second kappa shape index (κ2) is 6.29. The van der Waals surface area contributed by atoms with Crippen molar-refractivity contribution in [2.45, 2.75) is 38.5 Å². The normalized spacial score (nSPS) is 16.3. The van der Waals surface area contributed by atoms with Gasteiger partial charge in [0.15, 0.2) is 0 Å². The van der Waals surface area contributed by atoms with E-state index in [0.717, 1.165) is 23.2 Å². The zero-order valence-corrected chi connectivity index (χ0v) is 13.3. The number of rotatable bonds is 3. The molecule has 0 radical (unpaired) electrons. The number of nitrogens with two attached hydrogens (primary N) is 1. The molecule has 0 unspecified atom stereocenters. The third-order valence-electron chi connectivity index (χ3n) is 4.21. The maximum absolute atomic E-state index is 6.30. The van der Waals surface area contributed by atoms with Crippen LogP contribution in [0.5, 0.6) is 0 Å². The molecule has 0 atom stereocenters. The molecule has 1 aliphatic rings. The molecule has 112 valence electrons. The minimum Gasteiger partial charge on any atom is -0.367 e. The molecule has 5 heteroatoms. The maximum Gasteiger partial charge on any atom is 0.230 e. The number of benzene rings is 1. The molecule has 0 amide bonds. The fraction of sp³-hybridized carbons (Fsp3) is 0.438. The molecular formula is C16H18Cl2N2O.